The maximum Gasteiger partial charge on any atom is 0.00964 e. The monoisotopic (exact) mass is 226 g/mol. The van der Waals surface area contributed by atoms with Crippen molar-refractivity contribution in [3.63, 3.8) is 0 Å². The molecule has 0 aromatic carbocycles. The first kappa shape index (κ1) is 14.0. The SMILES string of the molecule is CCC(CN)CCN(CCC(C)C)C1CC1. The first-order valence-corrected chi connectivity index (χ1v) is 7.11. The van der Waals surface area contributed by atoms with Gasteiger partial charge in [0.1, 0.15) is 0 Å². The van der Waals surface area contributed by atoms with Crippen molar-refractivity contribution in [1.82, 2.24) is 4.90 Å². The molecule has 0 spiro atoms. The Morgan fingerprint density at radius 1 is 1.19 bits per heavy atom. The Morgan fingerprint density at radius 2 is 1.81 bits per heavy atom. The molecule has 1 unspecified atom stereocenters. The Kier molecular flexibility index (Phi) is 6.37. The van der Waals surface area contributed by atoms with Gasteiger partial charge in [0, 0.05) is 6.04 Å². The van der Waals surface area contributed by atoms with Gasteiger partial charge in [-0.2, -0.15) is 0 Å². The van der Waals surface area contributed by atoms with Gasteiger partial charge in [0.05, 0.1) is 0 Å². The van der Waals surface area contributed by atoms with Crippen LogP contribution in [0.15, 0.2) is 0 Å². The van der Waals surface area contributed by atoms with E-state index in [4.69, 9.17) is 5.73 Å². The van der Waals surface area contributed by atoms with Crippen LogP contribution in [-0.2, 0) is 0 Å². The third-order valence-corrected chi connectivity index (χ3v) is 3.79. The largest absolute Gasteiger partial charge is 0.330 e. The smallest absolute Gasteiger partial charge is 0.00964 e. The number of hydrogen-bond acceptors (Lipinski definition) is 2. The molecule has 1 aliphatic carbocycles. The highest BCUT2D eigenvalue weighted by Crippen LogP contribution is 2.28. The van der Waals surface area contributed by atoms with E-state index in [1.807, 2.05) is 0 Å². The van der Waals surface area contributed by atoms with Crippen molar-refractivity contribution in [2.75, 3.05) is 19.6 Å². The minimum Gasteiger partial charge on any atom is -0.330 e. The van der Waals surface area contributed by atoms with Gasteiger partial charge < -0.3 is 10.6 Å². The minimum absolute atomic E-state index is 0.736. The minimum atomic E-state index is 0.736. The predicted octanol–water partition coefficient (Wildman–Crippen LogP) is 2.87. The van der Waals surface area contributed by atoms with Gasteiger partial charge >= 0.3 is 0 Å². The van der Waals surface area contributed by atoms with E-state index in [2.05, 4.69) is 25.7 Å². The molecule has 1 atom stereocenters. The third-order valence-electron chi connectivity index (χ3n) is 3.79. The first-order chi connectivity index (χ1) is 7.67. The highest BCUT2D eigenvalue weighted by atomic mass is 15.2. The van der Waals surface area contributed by atoms with E-state index in [1.54, 1.807) is 0 Å². The van der Waals surface area contributed by atoms with Crippen LogP contribution in [0.1, 0.15) is 52.9 Å². The van der Waals surface area contributed by atoms with Crippen LogP contribution in [0.2, 0.25) is 0 Å². The molecule has 0 bridgehead atoms. The van der Waals surface area contributed by atoms with Crippen LogP contribution in [0.3, 0.4) is 0 Å². The number of hydrogen-bond donors (Lipinski definition) is 1. The van der Waals surface area contributed by atoms with Gasteiger partial charge in [-0.25, -0.2) is 0 Å². The van der Waals surface area contributed by atoms with Crippen LogP contribution in [0, 0.1) is 11.8 Å². The fraction of sp³-hybridized carbons (Fsp3) is 1.00. The fourth-order valence-electron chi connectivity index (χ4n) is 2.18. The Balaban J connectivity index is 2.22. The van der Waals surface area contributed by atoms with Crippen LogP contribution in [0.4, 0.5) is 0 Å². The summed E-state index contributed by atoms with van der Waals surface area (Å²) in [6.07, 6.45) is 6.73. The molecule has 1 aliphatic rings. The zero-order valence-corrected chi connectivity index (χ0v) is 11.4. The molecule has 0 heterocycles. The maximum atomic E-state index is 5.76. The third kappa shape index (κ3) is 5.31. The second-order valence-corrected chi connectivity index (χ2v) is 5.75. The normalized spacial score (nSPS) is 18.4. The second-order valence-electron chi connectivity index (χ2n) is 5.75. The summed E-state index contributed by atoms with van der Waals surface area (Å²) in [6.45, 7) is 10.3. The fourth-order valence-corrected chi connectivity index (χ4v) is 2.18. The number of rotatable bonds is 9. The number of nitrogens with zero attached hydrogens (tertiary/aromatic N) is 1. The summed E-state index contributed by atoms with van der Waals surface area (Å²) >= 11 is 0. The molecule has 1 fully saturated rings. The molecular formula is C14H30N2. The van der Waals surface area contributed by atoms with E-state index in [1.165, 1.54) is 45.2 Å². The summed E-state index contributed by atoms with van der Waals surface area (Å²) in [5, 5.41) is 0. The van der Waals surface area contributed by atoms with Crippen molar-refractivity contribution < 1.29 is 0 Å². The molecule has 2 N–H and O–H groups in total. The first-order valence-electron chi connectivity index (χ1n) is 7.11. The Bertz CT molecular complexity index is 172. The van der Waals surface area contributed by atoms with E-state index in [-0.39, 0.29) is 0 Å². The van der Waals surface area contributed by atoms with E-state index in [0.29, 0.717) is 0 Å². The van der Waals surface area contributed by atoms with Crippen LogP contribution in [0.5, 0.6) is 0 Å². The molecule has 0 aliphatic heterocycles. The average Bonchev–Trinajstić information content (AvgIpc) is 3.07. The summed E-state index contributed by atoms with van der Waals surface area (Å²) < 4.78 is 0. The lowest BCUT2D eigenvalue weighted by molar-refractivity contribution is 0.228. The summed E-state index contributed by atoms with van der Waals surface area (Å²) in [6, 6.07) is 0.911. The van der Waals surface area contributed by atoms with Crippen LogP contribution < -0.4 is 5.73 Å². The van der Waals surface area contributed by atoms with Crippen molar-refractivity contribution in [3.8, 4) is 0 Å². The van der Waals surface area contributed by atoms with E-state index < -0.39 is 0 Å². The molecule has 1 rings (SSSR count). The maximum absolute atomic E-state index is 5.76. The standard InChI is InChI=1S/C14H30N2/c1-4-13(11-15)8-10-16(14-5-6-14)9-7-12(2)3/h12-14H,4-11,15H2,1-3H3. The quantitative estimate of drug-likeness (QED) is 0.655. The highest BCUT2D eigenvalue weighted by Gasteiger charge is 2.28. The summed E-state index contributed by atoms with van der Waals surface area (Å²) in [5.74, 6) is 1.57. The number of nitrogens with two attached hydrogens (primary N) is 1. The molecule has 2 heteroatoms. The average molecular weight is 226 g/mol. The van der Waals surface area contributed by atoms with Crippen LogP contribution in [0.25, 0.3) is 0 Å². The lowest BCUT2D eigenvalue weighted by atomic mass is 10.0. The molecule has 96 valence electrons. The van der Waals surface area contributed by atoms with E-state index in [9.17, 15) is 0 Å². The lowest BCUT2D eigenvalue weighted by Gasteiger charge is -2.25. The van der Waals surface area contributed by atoms with Gasteiger partial charge in [-0.3, -0.25) is 0 Å². The van der Waals surface area contributed by atoms with Crippen molar-refractivity contribution in [2.24, 2.45) is 17.6 Å². The molecule has 2 nitrogen and oxygen atoms in total. The van der Waals surface area contributed by atoms with Gasteiger partial charge in [0.15, 0.2) is 0 Å². The molecule has 0 radical (unpaired) electrons. The second kappa shape index (κ2) is 7.29. The van der Waals surface area contributed by atoms with Gasteiger partial charge in [0.25, 0.3) is 0 Å². The van der Waals surface area contributed by atoms with Crippen LogP contribution in [-0.4, -0.2) is 30.6 Å². The summed E-state index contributed by atoms with van der Waals surface area (Å²) in [4.78, 5) is 2.71. The van der Waals surface area contributed by atoms with Crippen LogP contribution >= 0.6 is 0 Å². The van der Waals surface area contributed by atoms with Crippen molar-refractivity contribution in [1.29, 1.82) is 0 Å². The topological polar surface area (TPSA) is 29.3 Å². The summed E-state index contributed by atoms with van der Waals surface area (Å²) in [7, 11) is 0. The predicted molar refractivity (Wildman–Crippen MR) is 71.5 cm³/mol. The van der Waals surface area contributed by atoms with E-state index >= 15 is 0 Å². The Morgan fingerprint density at radius 3 is 2.25 bits per heavy atom. The van der Waals surface area contributed by atoms with Gasteiger partial charge in [-0.1, -0.05) is 27.2 Å². The molecule has 16 heavy (non-hydrogen) atoms. The van der Waals surface area contributed by atoms with Gasteiger partial charge in [-0.05, 0) is 57.2 Å². The molecule has 0 amide bonds. The Labute approximate surface area is 102 Å². The van der Waals surface area contributed by atoms with Gasteiger partial charge in [-0.15, -0.1) is 0 Å². The lowest BCUT2D eigenvalue weighted by Crippen LogP contribution is -2.31. The molecule has 0 aromatic rings. The molecular weight excluding hydrogens is 196 g/mol. The van der Waals surface area contributed by atoms with E-state index in [0.717, 1.165) is 24.4 Å². The molecule has 0 aromatic heterocycles. The molecule has 1 saturated carbocycles. The summed E-state index contributed by atoms with van der Waals surface area (Å²) in [5.41, 5.74) is 5.76. The highest BCUT2D eigenvalue weighted by molar-refractivity contribution is 4.84. The zero-order chi connectivity index (χ0) is 12.0. The Hall–Kier alpha value is -0.0800. The molecule has 0 saturated heterocycles. The van der Waals surface area contributed by atoms with Gasteiger partial charge in [0.2, 0.25) is 0 Å². The zero-order valence-electron chi connectivity index (χ0n) is 11.4. The van der Waals surface area contributed by atoms with Crippen molar-refractivity contribution in [2.45, 2.75) is 58.9 Å². The van der Waals surface area contributed by atoms with Crippen molar-refractivity contribution in [3.05, 3.63) is 0 Å². The van der Waals surface area contributed by atoms with Crippen molar-refractivity contribution >= 4 is 0 Å².